The zero-order valence-electron chi connectivity index (χ0n) is 19.2. The van der Waals surface area contributed by atoms with Crippen LogP contribution < -0.4 is 9.46 Å². The van der Waals surface area contributed by atoms with Gasteiger partial charge in [-0.15, -0.1) is 0 Å². The topological polar surface area (TPSA) is 97.8 Å². The van der Waals surface area contributed by atoms with Crippen LogP contribution in [0, 0.1) is 6.92 Å². The third-order valence-corrected chi connectivity index (χ3v) is 8.87. The lowest BCUT2D eigenvalue weighted by Gasteiger charge is -2.42. The number of aromatic nitrogens is 1. The summed E-state index contributed by atoms with van der Waals surface area (Å²) in [7, 11) is -3.46. The van der Waals surface area contributed by atoms with Crippen molar-refractivity contribution in [1.82, 2.24) is 14.6 Å². The molecule has 1 aromatic heterocycles. The summed E-state index contributed by atoms with van der Waals surface area (Å²) in [6, 6.07) is 1.41. The summed E-state index contributed by atoms with van der Waals surface area (Å²) in [4.78, 5) is 19.4. The number of ether oxygens (including phenoxy) is 2. The monoisotopic (exact) mass is 465 g/mol. The third kappa shape index (κ3) is 5.10. The highest BCUT2D eigenvalue weighted by Crippen LogP contribution is 2.38. The molecule has 9 heteroatoms. The highest BCUT2D eigenvalue weighted by Gasteiger charge is 2.38. The van der Waals surface area contributed by atoms with Crippen LogP contribution in [0.1, 0.15) is 69.4 Å². The quantitative estimate of drug-likeness (QED) is 0.737. The van der Waals surface area contributed by atoms with E-state index in [2.05, 4.69) is 15.8 Å². The van der Waals surface area contributed by atoms with Crippen molar-refractivity contribution in [3.05, 3.63) is 23.4 Å². The maximum atomic E-state index is 13.2. The predicted octanol–water partition coefficient (Wildman–Crippen LogP) is 2.51. The van der Waals surface area contributed by atoms with Gasteiger partial charge in [-0.2, -0.15) is 0 Å². The van der Waals surface area contributed by atoms with Crippen molar-refractivity contribution in [3.63, 3.8) is 0 Å². The molecule has 0 aromatic carbocycles. The van der Waals surface area contributed by atoms with E-state index in [1.54, 1.807) is 24.9 Å². The molecule has 2 unspecified atom stereocenters. The van der Waals surface area contributed by atoms with E-state index in [-0.39, 0.29) is 30.7 Å². The number of nitrogens with zero attached hydrogens (tertiary/aromatic N) is 2. The van der Waals surface area contributed by atoms with Gasteiger partial charge in [0, 0.05) is 24.3 Å². The molecule has 3 aliphatic heterocycles. The van der Waals surface area contributed by atoms with Gasteiger partial charge in [0.05, 0.1) is 24.0 Å². The lowest BCUT2D eigenvalue weighted by molar-refractivity contribution is -0.140. The molecule has 0 radical (unpaired) electrons. The normalized spacial score (nSPS) is 29.4. The Morgan fingerprint density at radius 3 is 2.66 bits per heavy atom. The largest absolute Gasteiger partial charge is 0.467 e. The molecular weight excluding hydrogens is 430 g/mol. The van der Waals surface area contributed by atoms with E-state index in [4.69, 9.17) is 9.47 Å². The Hall–Kier alpha value is -1.71. The molecule has 2 bridgehead atoms. The number of fused-ring (bicyclic) bond motifs is 5. The number of hydrogen-bond acceptors (Lipinski definition) is 6. The number of piperidine rings is 1. The summed E-state index contributed by atoms with van der Waals surface area (Å²) in [5, 5.41) is -0.533. The lowest BCUT2D eigenvalue weighted by Crippen LogP contribution is -2.60. The summed E-state index contributed by atoms with van der Waals surface area (Å²) in [6.45, 7) is 6.12. The molecule has 1 amide bonds. The summed E-state index contributed by atoms with van der Waals surface area (Å²) in [6.07, 6.45) is 7.14. The van der Waals surface area contributed by atoms with Crippen LogP contribution in [0.3, 0.4) is 0 Å². The standard InChI is InChI=1S/C23H35N3O5S/c1-15(2)32(28,29)25-20-5-4-10-26-21(20)13-30-18-8-6-17(7-9-18)19-11-16(3)12-24-23(19)31-14-22(26)27/h11-12,15,17-18,20-21,25H,4-10,13-14H2,1-3H3. The first-order chi connectivity index (χ1) is 15.2. The molecule has 1 saturated heterocycles. The van der Waals surface area contributed by atoms with Crippen molar-refractivity contribution in [2.24, 2.45) is 0 Å². The minimum absolute atomic E-state index is 0.112. The number of hydrogen-bond donors (Lipinski definition) is 1. The van der Waals surface area contributed by atoms with Gasteiger partial charge in [-0.25, -0.2) is 18.1 Å². The van der Waals surface area contributed by atoms with Crippen LogP contribution in [0.5, 0.6) is 5.88 Å². The second kappa shape index (κ2) is 9.65. The van der Waals surface area contributed by atoms with Crippen LogP contribution >= 0.6 is 0 Å². The maximum Gasteiger partial charge on any atom is 0.260 e. The smallest absolute Gasteiger partial charge is 0.260 e. The van der Waals surface area contributed by atoms with Crippen LogP contribution in [-0.2, 0) is 19.6 Å². The highest BCUT2D eigenvalue weighted by atomic mass is 32.2. The van der Waals surface area contributed by atoms with Crippen molar-refractivity contribution in [2.75, 3.05) is 19.8 Å². The number of amides is 1. The fourth-order valence-corrected chi connectivity index (χ4v) is 6.01. The van der Waals surface area contributed by atoms with Gasteiger partial charge >= 0.3 is 0 Å². The average molecular weight is 466 g/mol. The van der Waals surface area contributed by atoms with Crippen LogP contribution in [0.2, 0.25) is 0 Å². The molecule has 4 heterocycles. The first-order valence-electron chi connectivity index (χ1n) is 11.8. The third-order valence-electron chi connectivity index (χ3n) is 7.00. The Morgan fingerprint density at radius 1 is 1.19 bits per heavy atom. The van der Waals surface area contributed by atoms with Crippen LogP contribution in [0.4, 0.5) is 0 Å². The molecule has 2 atom stereocenters. The molecule has 1 aromatic rings. The molecular formula is C23H35N3O5S. The second-order valence-corrected chi connectivity index (χ2v) is 11.9. The van der Waals surface area contributed by atoms with E-state index in [1.807, 2.05) is 6.92 Å². The van der Waals surface area contributed by atoms with Gasteiger partial charge in [-0.1, -0.05) is 0 Å². The van der Waals surface area contributed by atoms with Crippen LogP contribution in [-0.4, -0.2) is 67.4 Å². The minimum Gasteiger partial charge on any atom is -0.467 e. The zero-order valence-corrected chi connectivity index (χ0v) is 20.1. The number of sulfonamides is 1. The highest BCUT2D eigenvalue weighted by molar-refractivity contribution is 7.90. The Morgan fingerprint density at radius 2 is 1.94 bits per heavy atom. The summed E-state index contributed by atoms with van der Waals surface area (Å²) in [5.41, 5.74) is 2.16. The van der Waals surface area contributed by atoms with Crippen LogP contribution in [0.25, 0.3) is 0 Å². The first-order valence-corrected chi connectivity index (χ1v) is 13.3. The van der Waals surface area contributed by atoms with Gasteiger partial charge in [0.25, 0.3) is 5.91 Å². The first kappa shape index (κ1) is 23.4. The maximum absolute atomic E-state index is 13.2. The van der Waals surface area contributed by atoms with Crippen molar-refractivity contribution >= 4 is 15.9 Å². The SMILES string of the molecule is Cc1cnc2c(c1)C1CCC(CC1)OCC1C(NS(=O)(=O)C(C)C)CCCN1C(=O)CO2. The van der Waals surface area contributed by atoms with Gasteiger partial charge in [0.2, 0.25) is 15.9 Å². The second-order valence-electron chi connectivity index (χ2n) is 9.62. The Kier molecular flexibility index (Phi) is 7.07. The molecule has 32 heavy (non-hydrogen) atoms. The van der Waals surface area contributed by atoms with Crippen molar-refractivity contribution in [1.29, 1.82) is 0 Å². The number of aryl methyl sites for hydroxylation is 1. The molecule has 5 rings (SSSR count). The fraction of sp³-hybridized carbons (Fsp3) is 0.739. The summed E-state index contributed by atoms with van der Waals surface area (Å²) < 4.78 is 40.3. The Bertz CT molecular complexity index is 928. The van der Waals surface area contributed by atoms with Crippen molar-refractivity contribution in [3.8, 4) is 5.88 Å². The Labute approximate surface area is 191 Å². The predicted molar refractivity (Wildman–Crippen MR) is 121 cm³/mol. The molecule has 2 fully saturated rings. The molecule has 1 saturated carbocycles. The van der Waals surface area contributed by atoms with E-state index in [1.165, 1.54) is 0 Å². The van der Waals surface area contributed by atoms with Gasteiger partial charge in [-0.05, 0) is 76.8 Å². The number of pyridine rings is 1. The molecule has 8 nitrogen and oxygen atoms in total. The number of carbonyl (C=O) groups excluding carboxylic acids is 1. The lowest BCUT2D eigenvalue weighted by atomic mass is 9.82. The summed E-state index contributed by atoms with van der Waals surface area (Å²) >= 11 is 0. The molecule has 4 aliphatic rings. The van der Waals surface area contributed by atoms with E-state index in [0.717, 1.165) is 43.2 Å². The molecule has 1 N–H and O–H groups in total. The Balaban J connectivity index is 1.61. The van der Waals surface area contributed by atoms with Crippen LogP contribution in [0.15, 0.2) is 12.3 Å². The van der Waals surface area contributed by atoms with Crippen molar-refractivity contribution < 1.29 is 22.7 Å². The number of carbonyl (C=O) groups is 1. The number of nitrogens with one attached hydrogen (secondary N) is 1. The fourth-order valence-electron chi connectivity index (χ4n) is 5.04. The molecule has 0 spiro atoms. The van der Waals surface area contributed by atoms with E-state index in [9.17, 15) is 13.2 Å². The van der Waals surface area contributed by atoms with Gasteiger partial charge < -0.3 is 14.4 Å². The van der Waals surface area contributed by atoms with Gasteiger partial charge in [0.1, 0.15) is 0 Å². The average Bonchev–Trinajstić information content (AvgIpc) is 2.78. The number of rotatable bonds is 3. The summed E-state index contributed by atoms with van der Waals surface area (Å²) in [5.74, 6) is 0.728. The molecule has 178 valence electrons. The van der Waals surface area contributed by atoms with Gasteiger partial charge in [-0.3, -0.25) is 4.79 Å². The molecule has 1 aliphatic carbocycles. The van der Waals surface area contributed by atoms with Gasteiger partial charge in [0.15, 0.2) is 6.61 Å². The van der Waals surface area contributed by atoms with E-state index in [0.29, 0.717) is 31.4 Å². The van der Waals surface area contributed by atoms with E-state index >= 15 is 0 Å². The van der Waals surface area contributed by atoms with E-state index < -0.39 is 15.3 Å². The van der Waals surface area contributed by atoms with Crippen molar-refractivity contribution in [2.45, 2.75) is 88.7 Å². The minimum atomic E-state index is -3.46. The zero-order chi connectivity index (χ0) is 22.9.